The number of aromatic nitrogens is 2. The number of hydrogen-bond donors (Lipinski definition) is 0. The zero-order valence-electron chi connectivity index (χ0n) is 14.5. The molecule has 4 rings (SSSR count). The summed E-state index contributed by atoms with van der Waals surface area (Å²) in [5.41, 5.74) is 2.74. The van der Waals surface area contributed by atoms with E-state index in [1.165, 1.54) is 43.4 Å². The van der Waals surface area contributed by atoms with Crippen molar-refractivity contribution in [1.29, 1.82) is 0 Å². The van der Waals surface area contributed by atoms with Gasteiger partial charge in [0.1, 0.15) is 17.5 Å². The van der Waals surface area contributed by atoms with Crippen molar-refractivity contribution in [2.24, 2.45) is 0 Å². The molecule has 0 atom stereocenters. The first-order valence-electron chi connectivity index (χ1n) is 9.27. The first kappa shape index (κ1) is 15.4. The van der Waals surface area contributed by atoms with Crippen LogP contribution >= 0.6 is 0 Å². The average Bonchev–Trinajstić information content (AvgIpc) is 2.90. The molecule has 2 aromatic rings. The molecule has 1 fully saturated rings. The Morgan fingerprint density at radius 2 is 1.58 bits per heavy atom. The minimum Gasteiger partial charge on any atom is -0.356 e. The summed E-state index contributed by atoms with van der Waals surface area (Å²) >= 11 is 0. The van der Waals surface area contributed by atoms with Gasteiger partial charge in [0, 0.05) is 31.4 Å². The number of hydrogen-bond acceptors (Lipinski definition) is 4. The summed E-state index contributed by atoms with van der Waals surface area (Å²) in [5, 5.41) is 0. The van der Waals surface area contributed by atoms with Crippen LogP contribution in [0.5, 0.6) is 0 Å². The number of rotatable bonds is 2. The molecule has 4 heteroatoms. The number of fused-ring (bicyclic) bond motifs is 1. The Morgan fingerprint density at radius 3 is 2.42 bits per heavy atom. The third-order valence-electron chi connectivity index (χ3n) is 5.13. The highest BCUT2D eigenvalue weighted by molar-refractivity contribution is 5.67. The van der Waals surface area contributed by atoms with E-state index in [2.05, 4.69) is 40.1 Å². The van der Waals surface area contributed by atoms with E-state index in [1.54, 1.807) is 0 Å². The monoisotopic (exact) mass is 322 g/mol. The standard InChI is InChI=1S/C20H26N4/c1-16-21-19(23-12-6-2-3-7-13-23)15-20(22-16)24-14-8-10-17-9-4-5-11-18(17)24/h4-5,9,11,15H,2-3,6-8,10,12-14H2,1H3. The molecule has 4 nitrogen and oxygen atoms in total. The summed E-state index contributed by atoms with van der Waals surface area (Å²) in [4.78, 5) is 14.3. The van der Waals surface area contributed by atoms with Gasteiger partial charge in [0.15, 0.2) is 0 Å². The summed E-state index contributed by atoms with van der Waals surface area (Å²) in [6.07, 6.45) is 7.56. The molecule has 0 unspecified atom stereocenters. The van der Waals surface area contributed by atoms with Gasteiger partial charge in [0.25, 0.3) is 0 Å². The van der Waals surface area contributed by atoms with E-state index in [0.717, 1.165) is 43.5 Å². The molecule has 126 valence electrons. The van der Waals surface area contributed by atoms with Gasteiger partial charge in [-0.2, -0.15) is 0 Å². The van der Waals surface area contributed by atoms with E-state index < -0.39 is 0 Å². The fourth-order valence-electron chi connectivity index (χ4n) is 3.91. The number of nitrogens with zero attached hydrogens (tertiary/aromatic N) is 4. The lowest BCUT2D eigenvalue weighted by atomic mass is 10.0. The molecular formula is C20H26N4. The zero-order valence-corrected chi connectivity index (χ0v) is 14.5. The van der Waals surface area contributed by atoms with Crippen LogP contribution in [-0.2, 0) is 6.42 Å². The van der Waals surface area contributed by atoms with Gasteiger partial charge in [0.05, 0.1) is 0 Å². The summed E-state index contributed by atoms with van der Waals surface area (Å²) in [7, 11) is 0. The number of anilines is 3. The summed E-state index contributed by atoms with van der Waals surface area (Å²) in [6, 6.07) is 10.9. The highest BCUT2D eigenvalue weighted by atomic mass is 15.2. The van der Waals surface area contributed by atoms with Crippen LogP contribution < -0.4 is 9.80 Å². The molecule has 1 aromatic carbocycles. The molecule has 0 amide bonds. The van der Waals surface area contributed by atoms with Crippen molar-refractivity contribution in [2.75, 3.05) is 29.4 Å². The quantitative estimate of drug-likeness (QED) is 0.827. The Labute approximate surface area is 144 Å². The first-order chi connectivity index (χ1) is 11.8. The Bertz CT molecular complexity index is 705. The van der Waals surface area contributed by atoms with Crippen molar-refractivity contribution in [3.8, 4) is 0 Å². The lowest BCUT2D eigenvalue weighted by molar-refractivity contribution is 0.726. The average molecular weight is 322 g/mol. The SMILES string of the molecule is Cc1nc(N2CCCCCC2)cc(N2CCCc3ccccc32)n1. The molecule has 0 radical (unpaired) electrons. The van der Waals surface area contributed by atoms with E-state index in [1.807, 2.05) is 6.92 Å². The number of aryl methyl sites for hydroxylation is 2. The second kappa shape index (κ2) is 6.80. The lowest BCUT2D eigenvalue weighted by Crippen LogP contribution is -2.28. The Balaban J connectivity index is 1.69. The van der Waals surface area contributed by atoms with Crippen LogP contribution in [0.2, 0.25) is 0 Å². The van der Waals surface area contributed by atoms with Gasteiger partial charge >= 0.3 is 0 Å². The van der Waals surface area contributed by atoms with Gasteiger partial charge in [0.2, 0.25) is 0 Å². The van der Waals surface area contributed by atoms with E-state index in [4.69, 9.17) is 9.97 Å². The highest BCUT2D eigenvalue weighted by Gasteiger charge is 2.21. The van der Waals surface area contributed by atoms with Gasteiger partial charge in [-0.25, -0.2) is 9.97 Å². The topological polar surface area (TPSA) is 32.3 Å². The van der Waals surface area contributed by atoms with Gasteiger partial charge in [-0.15, -0.1) is 0 Å². The predicted octanol–water partition coefficient (Wildman–Crippen LogP) is 4.25. The van der Waals surface area contributed by atoms with Crippen LogP contribution in [0.15, 0.2) is 30.3 Å². The molecule has 0 saturated carbocycles. The van der Waals surface area contributed by atoms with Crippen molar-refractivity contribution in [1.82, 2.24) is 9.97 Å². The van der Waals surface area contributed by atoms with Crippen molar-refractivity contribution < 1.29 is 0 Å². The second-order valence-corrected chi connectivity index (χ2v) is 6.92. The molecule has 0 aliphatic carbocycles. The van der Waals surface area contributed by atoms with Crippen molar-refractivity contribution in [3.05, 3.63) is 41.7 Å². The van der Waals surface area contributed by atoms with Crippen LogP contribution in [-0.4, -0.2) is 29.6 Å². The maximum atomic E-state index is 4.76. The lowest BCUT2D eigenvalue weighted by Gasteiger charge is -2.31. The Kier molecular flexibility index (Phi) is 4.37. The van der Waals surface area contributed by atoms with E-state index in [0.29, 0.717) is 0 Å². The normalized spacial score (nSPS) is 18.2. The Hall–Kier alpha value is -2.10. The van der Waals surface area contributed by atoms with Crippen molar-refractivity contribution in [2.45, 2.75) is 45.4 Å². The zero-order chi connectivity index (χ0) is 16.4. The van der Waals surface area contributed by atoms with E-state index >= 15 is 0 Å². The van der Waals surface area contributed by atoms with E-state index in [9.17, 15) is 0 Å². The van der Waals surface area contributed by atoms with Crippen LogP contribution in [0, 0.1) is 6.92 Å². The molecule has 3 heterocycles. The van der Waals surface area contributed by atoms with E-state index in [-0.39, 0.29) is 0 Å². The second-order valence-electron chi connectivity index (χ2n) is 6.92. The fraction of sp³-hybridized carbons (Fsp3) is 0.500. The van der Waals surface area contributed by atoms with Gasteiger partial charge in [-0.1, -0.05) is 31.0 Å². The van der Waals surface area contributed by atoms with Crippen molar-refractivity contribution >= 4 is 17.3 Å². The Morgan fingerprint density at radius 1 is 0.833 bits per heavy atom. The first-order valence-corrected chi connectivity index (χ1v) is 9.27. The van der Waals surface area contributed by atoms with Crippen LogP contribution in [0.1, 0.15) is 43.5 Å². The molecule has 24 heavy (non-hydrogen) atoms. The maximum Gasteiger partial charge on any atom is 0.138 e. The van der Waals surface area contributed by atoms with Crippen LogP contribution in [0.3, 0.4) is 0 Å². The molecule has 0 bridgehead atoms. The predicted molar refractivity (Wildman–Crippen MR) is 99.2 cm³/mol. The maximum absolute atomic E-state index is 4.76. The summed E-state index contributed by atoms with van der Waals surface area (Å²) in [6.45, 7) is 5.28. The van der Waals surface area contributed by atoms with Crippen LogP contribution in [0.4, 0.5) is 17.3 Å². The molecule has 2 aliphatic heterocycles. The highest BCUT2D eigenvalue weighted by Crippen LogP contribution is 2.33. The molecule has 0 spiro atoms. The number of benzene rings is 1. The minimum atomic E-state index is 0.870. The van der Waals surface area contributed by atoms with Gasteiger partial charge < -0.3 is 9.80 Å². The molecule has 1 aromatic heterocycles. The van der Waals surface area contributed by atoms with Crippen LogP contribution in [0.25, 0.3) is 0 Å². The molecular weight excluding hydrogens is 296 g/mol. The molecule has 2 aliphatic rings. The number of para-hydroxylation sites is 1. The van der Waals surface area contributed by atoms with Gasteiger partial charge in [-0.05, 0) is 44.2 Å². The largest absolute Gasteiger partial charge is 0.356 e. The molecule has 0 N–H and O–H groups in total. The third-order valence-corrected chi connectivity index (χ3v) is 5.13. The fourth-order valence-corrected chi connectivity index (χ4v) is 3.91. The minimum absolute atomic E-state index is 0.870. The van der Waals surface area contributed by atoms with Gasteiger partial charge in [-0.3, -0.25) is 0 Å². The summed E-state index contributed by atoms with van der Waals surface area (Å²) in [5.74, 6) is 3.02. The van der Waals surface area contributed by atoms with Crippen molar-refractivity contribution in [3.63, 3.8) is 0 Å². The summed E-state index contributed by atoms with van der Waals surface area (Å²) < 4.78 is 0. The third kappa shape index (κ3) is 3.10. The smallest absolute Gasteiger partial charge is 0.138 e. The molecule has 1 saturated heterocycles.